The molecule has 0 fully saturated rings. The van der Waals surface area contributed by atoms with Crippen molar-refractivity contribution in [2.45, 2.75) is 12.4 Å². The SMILES string of the molecule is N#Cc1cc(NCC(=O)Nc2ccccc2C(F)(F)F)ccc1OCC(F)(F)F. The van der Waals surface area contributed by atoms with Crippen molar-refractivity contribution < 1.29 is 35.9 Å². The van der Waals surface area contributed by atoms with E-state index in [1.807, 2.05) is 0 Å². The van der Waals surface area contributed by atoms with E-state index in [2.05, 4.69) is 15.4 Å². The van der Waals surface area contributed by atoms with Crippen molar-refractivity contribution in [3.8, 4) is 11.8 Å². The number of amides is 1. The Bertz CT molecular complexity index is 919. The molecule has 0 saturated carbocycles. The van der Waals surface area contributed by atoms with Gasteiger partial charge in [0.1, 0.15) is 11.8 Å². The summed E-state index contributed by atoms with van der Waals surface area (Å²) in [6, 6.07) is 9.64. The van der Waals surface area contributed by atoms with Gasteiger partial charge in [-0.25, -0.2) is 0 Å². The zero-order valence-corrected chi connectivity index (χ0v) is 14.5. The van der Waals surface area contributed by atoms with Crippen LogP contribution in [0.3, 0.4) is 0 Å². The molecule has 0 bridgehead atoms. The van der Waals surface area contributed by atoms with E-state index in [1.165, 1.54) is 18.2 Å². The third kappa shape index (κ3) is 6.60. The van der Waals surface area contributed by atoms with Gasteiger partial charge in [-0.15, -0.1) is 0 Å². The van der Waals surface area contributed by atoms with E-state index >= 15 is 0 Å². The first-order valence-corrected chi connectivity index (χ1v) is 7.93. The molecule has 0 radical (unpaired) electrons. The molecule has 2 N–H and O–H groups in total. The fourth-order valence-electron chi connectivity index (χ4n) is 2.23. The van der Waals surface area contributed by atoms with Crippen LogP contribution < -0.4 is 15.4 Å². The van der Waals surface area contributed by atoms with E-state index in [0.717, 1.165) is 24.3 Å². The van der Waals surface area contributed by atoms with Gasteiger partial charge < -0.3 is 15.4 Å². The number of carbonyl (C=O) groups excluding carboxylic acids is 1. The van der Waals surface area contributed by atoms with Crippen LogP contribution in [0.4, 0.5) is 37.7 Å². The molecule has 0 atom stereocenters. The number of anilines is 2. The number of nitriles is 1. The second kappa shape index (κ2) is 8.72. The highest BCUT2D eigenvalue weighted by Crippen LogP contribution is 2.34. The highest BCUT2D eigenvalue weighted by atomic mass is 19.4. The normalized spacial score (nSPS) is 11.5. The van der Waals surface area contributed by atoms with E-state index in [9.17, 15) is 31.1 Å². The fourth-order valence-corrected chi connectivity index (χ4v) is 2.23. The lowest BCUT2D eigenvalue weighted by atomic mass is 10.1. The number of ether oxygens (including phenoxy) is 1. The van der Waals surface area contributed by atoms with Crippen LogP contribution in [-0.4, -0.2) is 25.2 Å². The summed E-state index contributed by atoms with van der Waals surface area (Å²) in [5.74, 6) is -1.09. The zero-order chi connectivity index (χ0) is 21.7. The third-order valence-electron chi connectivity index (χ3n) is 3.45. The number of hydrogen-bond donors (Lipinski definition) is 2. The molecular formula is C18H13F6N3O2. The minimum absolute atomic E-state index is 0.195. The first-order chi connectivity index (χ1) is 13.5. The van der Waals surface area contributed by atoms with Gasteiger partial charge in [0.25, 0.3) is 0 Å². The van der Waals surface area contributed by atoms with Crippen molar-refractivity contribution >= 4 is 17.3 Å². The van der Waals surface area contributed by atoms with Crippen molar-refractivity contribution in [1.29, 1.82) is 5.26 Å². The first-order valence-electron chi connectivity index (χ1n) is 7.93. The molecule has 0 aliphatic carbocycles. The molecule has 0 saturated heterocycles. The Balaban J connectivity index is 2.02. The molecule has 0 aromatic heterocycles. The van der Waals surface area contributed by atoms with E-state index in [1.54, 1.807) is 6.07 Å². The molecule has 0 heterocycles. The van der Waals surface area contributed by atoms with Crippen molar-refractivity contribution in [3.63, 3.8) is 0 Å². The lowest BCUT2D eigenvalue weighted by Gasteiger charge is -2.14. The molecule has 2 aromatic carbocycles. The third-order valence-corrected chi connectivity index (χ3v) is 3.45. The number of para-hydroxylation sites is 1. The van der Waals surface area contributed by atoms with Crippen LogP contribution in [0.5, 0.6) is 5.75 Å². The van der Waals surface area contributed by atoms with Gasteiger partial charge in [-0.05, 0) is 30.3 Å². The summed E-state index contributed by atoms with van der Waals surface area (Å²) >= 11 is 0. The molecule has 1 amide bonds. The lowest BCUT2D eigenvalue weighted by Crippen LogP contribution is -2.23. The minimum Gasteiger partial charge on any atom is -0.483 e. The molecule has 0 spiro atoms. The molecule has 0 aliphatic heterocycles. The molecule has 5 nitrogen and oxygen atoms in total. The van der Waals surface area contributed by atoms with Crippen LogP contribution in [0.2, 0.25) is 0 Å². The molecule has 2 aromatic rings. The molecule has 154 valence electrons. The second-order valence-electron chi connectivity index (χ2n) is 5.67. The number of halogens is 6. The molecule has 0 unspecified atom stereocenters. The number of nitrogens with zero attached hydrogens (tertiary/aromatic N) is 1. The van der Waals surface area contributed by atoms with Gasteiger partial charge in [-0.3, -0.25) is 4.79 Å². The Morgan fingerprint density at radius 3 is 2.38 bits per heavy atom. The van der Waals surface area contributed by atoms with Crippen LogP contribution >= 0.6 is 0 Å². The number of rotatable bonds is 6. The van der Waals surface area contributed by atoms with Crippen molar-refractivity contribution in [2.75, 3.05) is 23.8 Å². The Morgan fingerprint density at radius 2 is 1.76 bits per heavy atom. The molecule has 2 rings (SSSR count). The Morgan fingerprint density at radius 1 is 1.07 bits per heavy atom. The Hall–Kier alpha value is -3.42. The highest BCUT2D eigenvalue weighted by Gasteiger charge is 2.33. The molecular weight excluding hydrogens is 404 g/mol. The summed E-state index contributed by atoms with van der Waals surface area (Å²) in [5.41, 5.74) is -1.44. The number of hydrogen-bond acceptors (Lipinski definition) is 4. The topological polar surface area (TPSA) is 74.2 Å². The van der Waals surface area contributed by atoms with Crippen molar-refractivity contribution in [3.05, 3.63) is 53.6 Å². The maximum atomic E-state index is 12.9. The van der Waals surface area contributed by atoms with Gasteiger partial charge in [0.2, 0.25) is 5.91 Å². The first kappa shape index (κ1) is 21.9. The summed E-state index contributed by atoms with van der Waals surface area (Å²) in [6.45, 7) is -2.02. The van der Waals surface area contributed by atoms with Crippen LogP contribution in [-0.2, 0) is 11.0 Å². The van der Waals surface area contributed by atoms with E-state index in [0.29, 0.717) is 0 Å². The average molecular weight is 417 g/mol. The monoisotopic (exact) mass is 417 g/mol. The van der Waals surface area contributed by atoms with E-state index in [4.69, 9.17) is 5.26 Å². The van der Waals surface area contributed by atoms with Crippen LogP contribution in [0.15, 0.2) is 42.5 Å². The fraction of sp³-hybridized carbons (Fsp3) is 0.222. The van der Waals surface area contributed by atoms with Crippen molar-refractivity contribution in [1.82, 2.24) is 0 Å². The predicted molar refractivity (Wildman–Crippen MR) is 91.3 cm³/mol. The summed E-state index contributed by atoms with van der Waals surface area (Å²) in [7, 11) is 0. The van der Waals surface area contributed by atoms with Gasteiger partial charge in [-0.1, -0.05) is 12.1 Å². The maximum Gasteiger partial charge on any atom is 0.422 e. The quantitative estimate of drug-likeness (QED) is 0.676. The molecule has 29 heavy (non-hydrogen) atoms. The van der Waals surface area contributed by atoms with Crippen LogP contribution in [0.1, 0.15) is 11.1 Å². The summed E-state index contributed by atoms with van der Waals surface area (Å²) in [6.07, 6.45) is -9.22. The Labute approximate surface area is 160 Å². The zero-order valence-electron chi connectivity index (χ0n) is 14.5. The van der Waals surface area contributed by atoms with Gasteiger partial charge >= 0.3 is 12.4 Å². The summed E-state index contributed by atoms with van der Waals surface area (Å²) in [5, 5.41) is 13.7. The minimum atomic E-state index is -4.65. The molecule has 11 heteroatoms. The number of carbonyl (C=O) groups is 1. The Kier molecular flexibility index (Phi) is 6.58. The standard InChI is InChI=1S/C18H13F6N3O2/c19-17(20,21)10-29-15-6-5-12(7-11(15)8-25)26-9-16(28)27-14-4-2-1-3-13(14)18(22,23)24/h1-7,26H,9-10H2,(H,27,28). The lowest BCUT2D eigenvalue weighted by molar-refractivity contribution is -0.153. The van der Waals surface area contributed by atoms with E-state index in [-0.39, 0.29) is 17.0 Å². The maximum absolute atomic E-state index is 12.9. The average Bonchev–Trinajstić information content (AvgIpc) is 2.64. The molecule has 0 aliphatic rings. The van der Waals surface area contributed by atoms with E-state index < -0.39 is 42.7 Å². The smallest absolute Gasteiger partial charge is 0.422 e. The van der Waals surface area contributed by atoms with Crippen LogP contribution in [0, 0.1) is 11.3 Å². The van der Waals surface area contributed by atoms with Gasteiger partial charge in [-0.2, -0.15) is 31.6 Å². The van der Waals surface area contributed by atoms with Gasteiger partial charge in [0.05, 0.1) is 23.4 Å². The van der Waals surface area contributed by atoms with Crippen molar-refractivity contribution in [2.24, 2.45) is 0 Å². The van der Waals surface area contributed by atoms with Gasteiger partial charge in [0.15, 0.2) is 6.61 Å². The number of benzene rings is 2. The summed E-state index contributed by atoms with van der Waals surface area (Å²) < 4.78 is 80.0. The number of alkyl halides is 6. The summed E-state index contributed by atoms with van der Waals surface area (Å²) in [4.78, 5) is 11.9. The number of nitrogens with one attached hydrogen (secondary N) is 2. The largest absolute Gasteiger partial charge is 0.483 e. The highest BCUT2D eigenvalue weighted by molar-refractivity contribution is 5.94. The predicted octanol–water partition coefficient (Wildman–Crippen LogP) is 4.57. The van der Waals surface area contributed by atoms with Crippen LogP contribution in [0.25, 0.3) is 0 Å². The van der Waals surface area contributed by atoms with Gasteiger partial charge in [0, 0.05) is 5.69 Å². The second-order valence-corrected chi connectivity index (χ2v) is 5.67.